The number of aromatic nitrogens is 2. The van der Waals surface area contributed by atoms with E-state index in [2.05, 4.69) is 15.5 Å². The molecule has 0 aliphatic carbocycles. The van der Waals surface area contributed by atoms with E-state index in [0.29, 0.717) is 29.9 Å². The summed E-state index contributed by atoms with van der Waals surface area (Å²) in [6, 6.07) is 9.39. The minimum Gasteiger partial charge on any atom is -0.349 e. The number of hydrogen-bond donors (Lipinski definition) is 1. The number of carbonyl (C=O) groups is 2. The van der Waals surface area contributed by atoms with Gasteiger partial charge in [-0.3, -0.25) is 9.59 Å². The maximum absolute atomic E-state index is 12.8. The summed E-state index contributed by atoms with van der Waals surface area (Å²) in [5.41, 5.74) is 3.34. The summed E-state index contributed by atoms with van der Waals surface area (Å²) in [5.74, 6) is -0.112. The van der Waals surface area contributed by atoms with Crippen molar-refractivity contribution in [3.63, 3.8) is 0 Å². The van der Waals surface area contributed by atoms with Crippen LogP contribution in [0.2, 0.25) is 0 Å². The largest absolute Gasteiger partial charge is 0.349 e. The normalized spacial score (nSPS) is 15.0. The molecule has 1 aliphatic heterocycles. The Labute approximate surface area is 162 Å². The molecule has 0 atom stereocenters. The average Bonchev–Trinajstić information content (AvgIpc) is 3.08. The Balaban J connectivity index is 1.38. The molecule has 0 bridgehead atoms. The fourth-order valence-electron chi connectivity index (χ4n) is 3.56. The van der Waals surface area contributed by atoms with Crippen molar-refractivity contribution in [3.8, 4) is 0 Å². The molecule has 144 valence electrons. The standard InChI is InChI=1S/C21H22N4O3/c1-13-5-3-4-6-17(13)19(26)23-16-7-9-25(10-8-16)21(27)15-11-18-14(2)24-28-20(18)22-12-15/h3-6,11-12,16H,7-10H2,1-2H3,(H,23,26). The summed E-state index contributed by atoms with van der Waals surface area (Å²) in [5, 5.41) is 7.72. The highest BCUT2D eigenvalue weighted by Crippen LogP contribution is 2.20. The Morgan fingerprint density at radius 3 is 2.68 bits per heavy atom. The molecule has 28 heavy (non-hydrogen) atoms. The van der Waals surface area contributed by atoms with Gasteiger partial charge in [0.15, 0.2) is 0 Å². The zero-order chi connectivity index (χ0) is 19.7. The van der Waals surface area contributed by atoms with Crippen LogP contribution in [0.25, 0.3) is 11.1 Å². The lowest BCUT2D eigenvalue weighted by Gasteiger charge is -2.32. The summed E-state index contributed by atoms with van der Waals surface area (Å²) in [4.78, 5) is 31.3. The highest BCUT2D eigenvalue weighted by Gasteiger charge is 2.26. The Kier molecular flexibility index (Phi) is 4.81. The predicted octanol–water partition coefficient (Wildman–Crippen LogP) is 2.87. The number of carbonyl (C=O) groups excluding carboxylic acids is 2. The fraction of sp³-hybridized carbons (Fsp3) is 0.333. The first-order valence-electron chi connectivity index (χ1n) is 9.40. The number of aryl methyl sites for hydroxylation is 2. The van der Waals surface area contributed by atoms with Crippen LogP contribution in [0.5, 0.6) is 0 Å². The molecule has 4 rings (SSSR count). The number of hydrogen-bond acceptors (Lipinski definition) is 5. The number of likely N-dealkylation sites (tertiary alicyclic amines) is 1. The molecule has 1 N–H and O–H groups in total. The number of pyridine rings is 1. The third-order valence-corrected chi connectivity index (χ3v) is 5.26. The number of nitrogens with zero attached hydrogens (tertiary/aromatic N) is 3. The van der Waals surface area contributed by atoms with Crippen molar-refractivity contribution < 1.29 is 14.1 Å². The molecule has 0 unspecified atom stereocenters. The van der Waals surface area contributed by atoms with Crippen LogP contribution in [0.15, 0.2) is 41.1 Å². The SMILES string of the molecule is Cc1ccccc1C(=O)NC1CCN(C(=O)c2cnc3onc(C)c3c2)CC1. The number of fused-ring (bicyclic) bond motifs is 1. The van der Waals surface area contributed by atoms with Gasteiger partial charge in [-0.25, -0.2) is 4.98 Å². The van der Waals surface area contributed by atoms with Crippen LogP contribution in [-0.2, 0) is 0 Å². The van der Waals surface area contributed by atoms with Gasteiger partial charge in [-0.2, -0.15) is 0 Å². The molecular formula is C21H22N4O3. The number of amides is 2. The molecule has 1 aromatic carbocycles. The molecule has 7 heteroatoms. The number of rotatable bonds is 3. The van der Waals surface area contributed by atoms with Gasteiger partial charge in [0.1, 0.15) is 0 Å². The zero-order valence-corrected chi connectivity index (χ0v) is 15.9. The van der Waals surface area contributed by atoms with Gasteiger partial charge in [0.05, 0.1) is 16.6 Å². The minimum atomic E-state index is -0.0568. The summed E-state index contributed by atoms with van der Waals surface area (Å²) in [6.07, 6.45) is 2.98. The van der Waals surface area contributed by atoms with Crippen molar-refractivity contribution in [3.05, 3.63) is 58.9 Å². The highest BCUT2D eigenvalue weighted by molar-refractivity contribution is 5.97. The van der Waals surface area contributed by atoms with E-state index in [9.17, 15) is 9.59 Å². The molecule has 7 nitrogen and oxygen atoms in total. The van der Waals surface area contributed by atoms with Crippen molar-refractivity contribution in [1.82, 2.24) is 20.4 Å². The lowest BCUT2D eigenvalue weighted by Crippen LogP contribution is -2.46. The summed E-state index contributed by atoms with van der Waals surface area (Å²) >= 11 is 0. The molecule has 3 aromatic rings. The van der Waals surface area contributed by atoms with Gasteiger partial charge in [-0.1, -0.05) is 23.4 Å². The van der Waals surface area contributed by atoms with Gasteiger partial charge in [0.2, 0.25) is 0 Å². The Bertz CT molecular complexity index is 1040. The van der Waals surface area contributed by atoms with Crippen LogP contribution in [0, 0.1) is 13.8 Å². The second-order valence-electron chi connectivity index (χ2n) is 7.20. The zero-order valence-electron chi connectivity index (χ0n) is 15.9. The Morgan fingerprint density at radius 2 is 1.93 bits per heavy atom. The highest BCUT2D eigenvalue weighted by atomic mass is 16.5. The maximum Gasteiger partial charge on any atom is 0.257 e. The monoisotopic (exact) mass is 378 g/mol. The predicted molar refractivity (Wildman–Crippen MR) is 104 cm³/mol. The average molecular weight is 378 g/mol. The van der Waals surface area contributed by atoms with E-state index in [1.54, 1.807) is 6.07 Å². The van der Waals surface area contributed by atoms with Crippen molar-refractivity contribution in [2.75, 3.05) is 13.1 Å². The third kappa shape index (κ3) is 3.47. The molecule has 1 fully saturated rings. The Morgan fingerprint density at radius 1 is 1.18 bits per heavy atom. The van der Waals surface area contributed by atoms with E-state index in [0.717, 1.165) is 29.5 Å². The summed E-state index contributed by atoms with van der Waals surface area (Å²) in [6.45, 7) is 4.94. The fourth-order valence-corrected chi connectivity index (χ4v) is 3.56. The second-order valence-corrected chi connectivity index (χ2v) is 7.20. The molecule has 0 spiro atoms. The van der Waals surface area contributed by atoms with Crippen LogP contribution in [0.4, 0.5) is 0 Å². The first kappa shape index (κ1) is 18.2. The molecule has 0 saturated carbocycles. The van der Waals surface area contributed by atoms with Crippen LogP contribution < -0.4 is 5.32 Å². The van der Waals surface area contributed by atoms with Crippen molar-refractivity contribution in [1.29, 1.82) is 0 Å². The van der Waals surface area contributed by atoms with Crippen molar-refractivity contribution >= 4 is 22.9 Å². The molecule has 2 aromatic heterocycles. The van der Waals surface area contributed by atoms with Gasteiger partial charge in [0, 0.05) is 30.9 Å². The molecule has 2 amide bonds. The first-order chi connectivity index (χ1) is 13.5. The van der Waals surface area contributed by atoms with Crippen LogP contribution in [-0.4, -0.2) is 46.0 Å². The quantitative estimate of drug-likeness (QED) is 0.757. The van der Waals surface area contributed by atoms with Gasteiger partial charge in [0.25, 0.3) is 17.5 Å². The van der Waals surface area contributed by atoms with Gasteiger partial charge >= 0.3 is 0 Å². The Hall–Kier alpha value is -3.22. The van der Waals surface area contributed by atoms with Crippen LogP contribution in [0.1, 0.15) is 44.8 Å². The smallest absolute Gasteiger partial charge is 0.257 e. The number of piperidine rings is 1. The van der Waals surface area contributed by atoms with E-state index in [1.165, 1.54) is 6.20 Å². The topological polar surface area (TPSA) is 88.3 Å². The van der Waals surface area contributed by atoms with Crippen LogP contribution >= 0.6 is 0 Å². The molecule has 3 heterocycles. The van der Waals surface area contributed by atoms with E-state index >= 15 is 0 Å². The van der Waals surface area contributed by atoms with Gasteiger partial charge < -0.3 is 14.7 Å². The van der Waals surface area contributed by atoms with Crippen molar-refractivity contribution in [2.24, 2.45) is 0 Å². The van der Waals surface area contributed by atoms with Crippen LogP contribution in [0.3, 0.4) is 0 Å². The van der Waals surface area contributed by atoms with Crippen molar-refractivity contribution in [2.45, 2.75) is 32.7 Å². The lowest BCUT2D eigenvalue weighted by atomic mass is 10.0. The third-order valence-electron chi connectivity index (χ3n) is 5.26. The molecular weight excluding hydrogens is 356 g/mol. The van der Waals surface area contributed by atoms with Gasteiger partial charge in [-0.15, -0.1) is 0 Å². The lowest BCUT2D eigenvalue weighted by molar-refractivity contribution is 0.0698. The maximum atomic E-state index is 12.8. The second kappa shape index (κ2) is 7.42. The number of nitrogens with one attached hydrogen (secondary N) is 1. The molecule has 1 aliphatic rings. The van der Waals surface area contributed by atoms with E-state index in [1.807, 2.05) is 43.0 Å². The minimum absolute atomic E-state index is 0.0551. The number of benzene rings is 1. The summed E-state index contributed by atoms with van der Waals surface area (Å²) in [7, 11) is 0. The summed E-state index contributed by atoms with van der Waals surface area (Å²) < 4.78 is 5.10. The van der Waals surface area contributed by atoms with E-state index < -0.39 is 0 Å². The van der Waals surface area contributed by atoms with E-state index in [4.69, 9.17) is 4.52 Å². The van der Waals surface area contributed by atoms with Gasteiger partial charge in [-0.05, 0) is 44.4 Å². The molecule has 0 radical (unpaired) electrons. The van der Waals surface area contributed by atoms with E-state index in [-0.39, 0.29) is 17.9 Å². The first-order valence-corrected chi connectivity index (χ1v) is 9.40. The molecule has 1 saturated heterocycles.